The number of fused-ring (bicyclic) bond motifs is 2. The van der Waals surface area contributed by atoms with Crippen LogP contribution in [0.15, 0.2) is 48.5 Å². The average molecular weight is 1350 g/mol. The maximum absolute atomic E-state index is 15.0. The molecule has 95 heavy (non-hydrogen) atoms. The van der Waals surface area contributed by atoms with Gasteiger partial charge in [-0.3, -0.25) is 52.7 Å². The van der Waals surface area contributed by atoms with Crippen LogP contribution in [0.2, 0.25) is 5.02 Å². The van der Waals surface area contributed by atoms with E-state index in [1.165, 1.54) is 83.6 Å². The highest BCUT2D eigenvalue weighted by Crippen LogP contribution is 2.36. The topological polar surface area (TPSA) is 259 Å². The summed E-state index contributed by atoms with van der Waals surface area (Å²) in [6, 6.07) is -0.950. The smallest absolute Gasteiger partial charge is 0.354 e. The monoisotopic (exact) mass is 1350 g/mol. The van der Waals surface area contributed by atoms with E-state index in [4.69, 9.17) is 11.6 Å². The Hall–Kier alpha value is -7.57. The number of carbonyl (C=O) groups is 11. The molecule has 0 aromatic heterocycles. The fourth-order valence-corrected chi connectivity index (χ4v) is 13.2. The zero-order chi connectivity index (χ0) is 70.5. The van der Waals surface area contributed by atoms with Crippen LogP contribution in [0, 0.1) is 24.7 Å². The highest BCUT2D eigenvalue weighted by Gasteiger charge is 2.47. The molecule has 2 aromatic carbocycles. The van der Waals surface area contributed by atoms with Gasteiger partial charge in [0.15, 0.2) is 0 Å². The molecule has 26 heteroatoms. The van der Waals surface area contributed by atoms with Crippen molar-refractivity contribution in [2.24, 2.45) is 17.8 Å². The van der Waals surface area contributed by atoms with Gasteiger partial charge in [0.05, 0.1) is 10.6 Å². The maximum atomic E-state index is 15.0. The highest BCUT2D eigenvalue weighted by atomic mass is 35.5. The first-order valence-corrected chi connectivity index (χ1v) is 33.8. The number of nitrogens with one attached hydrogen (secondary N) is 4. The number of likely N-dealkylation sites (N-methyl/N-ethyl adjacent to an activating group) is 5. The van der Waals surface area contributed by atoms with Crippen LogP contribution in [0.5, 0.6) is 0 Å². The summed E-state index contributed by atoms with van der Waals surface area (Å²) in [5.41, 5.74) is 0.633. The predicted molar refractivity (Wildman–Crippen MR) is 353 cm³/mol. The van der Waals surface area contributed by atoms with Gasteiger partial charge in [-0.15, -0.1) is 0 Å². The van der Waals surface area contributed by atoms with Crippen molar-refractivity contribution in [3.8, 4) is 0 Å². The average Bonchev–Trinajstić information content (AvgIpc) is 1.17. The summed E-state index contributed by atoms with van der Waals surface area (Å²) in [5, 5.41) is 10.9. The molecule has 2 aromatic rings. The first-order valence-electron chi connectivity index (χ1n) is 33.4. The van der Waals surface area contributed by atoms with Crippen LogP contribution in [-0.4, -0.2) is 215 Å². The van der Waals surface area contributed by atoms with Crippen molar-refractivity contribution >= 4 is 82.7 Å². The van der Waals surface area contributed by atoms with Crippen molar-refractivity contribution < 1.29 is 65.9 Å². The van der Waals surface area contributed by atoms with Gasteiger partial charge in [0.2, 0.25) is 65.0 Å². The predicted octanol–water partition coefficient (Wildman–Crippen LogP) is 6.14. The van der Waals surface area contributed by atoms with Crippen LogP contribution in [0.1, 0.15) is 154 Å². The van der Waals surface area contributed by atoms with E-state index < -0.39 is 142 Å². The molecule has 524 valence electrons. The largest absolute Gasteiger partial charge is 0.417 e. The molecule has 0 radical (unpaired) electrons. The highest BCUT2D eigenvalue weighted by molar-refractivity contribution is 6.31. The van der Waals surface area contributed by atoms with Gasteiger partial charge in [-0.1, -0.05) is 107 Å². The van der Waals surface area contributed by atoms with Gasteiger partial charge in [-0.25, -0.2) is 0 Å². The van der Waals surface area contributed by atoms with E-state index in [0.717, 1.165) is 41.5 Å². The molecule has 22 nitrogen and oxygen atoms in total. The number of hydrogen-bond donors (Lipinski definition) is 4. The molecular formula is C69H99ClF3N11O11. The zero-order valence-corrected chi connectivity index (χ0v) is 58.1. The molecule has 4 N–H and O–H groups in total. The molecule has 0 spiro atoms. The van der Waals surface area contributed by atoms with E-state index >= 15 is 4.79 Å². The number of nitrogens with zero attached hydrogens (tertiary/aromatic N) is 7. The van der Waals surface area contributed by atoms with Crippen molar-refractivity contribution in [2.75, 3.05) is 54.9 Å². The number of carbonyl (C=O) groups excluding carboxylic acids is 11. The summed E-state index contributed by atoms with van der Waals surface area (Å²) >= 11 is 6.08. The minimum absolute atomic E-state index is 0.0321. The maximum Gasteiger partial charge on any atom is 0.417 e. The molecular weight excluding hydrogens is 1250 g/mol. The van der Waals surface area contributed by atoms with E-state index in [0.29, 0.717) is 44.1 Å². The Morgan fingerprint density at radius 2 is 1.25 bits per heavy atom. The van der Waals surface area contributed by atoms with E-state index in [1.807, 2.05) is 39.8 Å². The van der Waals surface area contributed by atoms with Crippen molar-refractivity contribution in [3.63, 3.8) is 0 Å². The molecule has 3 saturated heterocycles. The molecule has 11 atom stereocenters. The quantitative estimate of drug-likeness (QED) is 0.222. The van der Waals surface area contributed by atoms with Crippen molar-refractivity contribution in [2.45, 2.75) is 212 Å². The van der Waals surface area contributed by atoms with Gasteiger partial charge in [-0.2, -0.15) is 13.2 Å². The second-order valence-electron chi connectivity index (χ2n) is 26.9. The summed E-state index contributed by atoms with van der Waals surface area (Å²) in [6.07, 6.45) is 2.92. The number of halogens is 4. The Labute approximate surface area is 562 Å². The van der Waals surface area contributed by atoms with Gasteiger partial charge in [0.1, 0.15) is 54.4 Å². The molecule has 4 fully saturated rings. The lowest BCUT2D eigenvalue weighted by atomic mass is 9.94. The molecule has 3 aliphatic heterocycles. The first-order chi connectivity index (χ1) is 44.7. The number of amides is 11. The number of alkyl halides is 3. The van der Waals surface area contributed by atoms with Crippen molar-refractivity contribution in [3.05, 3.63) is 75.8 Å². The summed E-state index contributed by atoms with van der Waals surface area (Å²) < 4.78 is 41.2. The Morgan fingerprint density at radius 3 is 1.85 bits per heavy atom. The van der Waals surface area contributed by atoms with E-state index in [2.05, 4.69) is 21.3 Å². The molecule has 4 aliphatic rings. The van der Waals surface area contributed by atoms with Gasteiger partial charge in [0.25, 0.3) is 0 Å². The standard InChI is InChI=1S/C69H99ClF3N11O11/c1-14-42(5)58-68(95)79(10)45(8)64(91)84-35-32-53(84)66(93)81(12)55(39-47-26-24-41(4)25-27-47)67(94)78(9)44(7)60(87)76-51(31-29-46-28-30-49(50(70)38-46)69(71,72)73)65(92)83-34-19-22-52(83)61(88)74-33-18-17-23-56(85)82(13)59(48-20-15-16-21-48)63(90)75-43(6)37-57(86)80(11)54(36-40(2)3)62(89)77-58/h24-31,38,40,42-45,48,51-55,58-59H,14-23,32-37,39H2,1-13H3,(H,74,88)(H,75,90)(H,76,87)(H,77,89)/b31-29+/t42-,43+,44+,45-,51-,52-,53-,54-,55-,58-,59-/m0/s1. The normalized spacial score (nSPS) is 27.3. The molecule has 6 rings (SSSR count). The summed E-state index contributed by atoms with van der Waals surface area (Å²) in [5.74, 6) is -7.01. The van der Waals surface area contributed by atoms with Crippen LogP contribution >= 0.6 is 11.6 Å². The molecule has 11 amide bonds. The lowest BCUT2D eigenvalue weighted by molar-refractivity contribution is -0.160. The third kappa shape index (κ3) is 19.4. The summed E-state index contributed by atoms with van der Waals surface area (Å²) in [7, 11) is 7.30. The molecule has 1 saturated carbocycles. The molecule has 3 heterocycles. The summed E-state index contributed by atoms with van der Waals surface area (Å²) in [4.78, 5) is 169. The Kier molecular flexibility index (Phi) is 27.3. The van der Waals surface area contributed by atoms with Gasteiger partial charge < -0.3 is 55.6 Å². The minimum atomic E-state index is -4.76. The Morgan fingerprint density at radius 1 is 0.611 bits per heavy atom. The van der Waals surface area contributed by atoms with E-state index in [1.54, 1.807) is 33.0 Å². The van der Waals surface area contributed by atoms with Crippen LogP contribution in [0.4, 0.5) is 13.2 Å². The fraction of sp³-hybridized carbons (Fsp3) is 0.638. The van der Waals surface area contributed by atoms with Crippen molar-refractivity contribution in [1.29, 1.82) is 0 Å². The number of rotatable bonds is 9. The third-order valence-corrected chi connectivity index (χ3v) is 19.9. The molecule has 0 bridgehead atoms. The molecule has 1 aliphatic carbocycles. The number of benzene rings is 2. The van der Waals surface area contributed by atoms with E-state index in [9.17, 15) is 61.1 Å². The van der Waals surface area contributed by atoms with E-state index in [-0.39, 0.29) is 81.5 Å². The second-order valence-corrected chi connectivity index (χ2v) is 27.3. The van der Waals surface area contributed by atoms with Crippen LogP contribution in [0.3, 0.4) is 0 Å². The summed E-state index contributed by atoms with van der Waals surface area (Å²) in [6.45, 7) is 14.3. The van der Waals surface area contributed by atoms with Gasteiger partial charge in [0, 0.05) is 80.2 Å². The Balaban J connectivity index is 1.34. The van der Waals surface area contributed by atoms with Crippen LogP contribution < -0.4 is 21.3 Å². The fourth-order valence-electron chi connectivity index (χ4n) is 12.9. The molecule has 0 unspecified atom stereocenters. The van der Waals surface area contributed by atoms with Gasteiger partial charge in [-0.05, 0) is 120 Å². The van der Waals surface area contributed by atoms with Crippen molar-refractivity contribution in [1.82, 2.24) is 55.6 Å². The minimum Gasteiger partial charge on any atom is -0.354 e. The lowest BCUT2D eigenvalue weighted by Gasteiger charge is -2.45. The number of aryl methyl sites for hydroxylation is 1. The number of hydrogen-bond acceptors (Lipinski definition) is 11. The SMILES string of the molecule is CC[C@H](C)[C@@H]1NC(=O)[C@H](CC(C)C)N(C)C(=O)C[C@@H](C)NC(=O)[C@H](C2CCCC2)N(C)C(=O)CCCCNC(=O)[C@@H]2CCCN2C(=O)[C@H](/C=C/c2ccc(C(F)(F)F)c(Cl)c2)NC(=O)[C@@H](C)N(C)C(=O)[C@H](Cc2ccc(C)cc2)N(C)C(=O)[C@@H]2CCN2C(=O)[C@H](C)N(C)C1=O. The Bertz CT molecular complexity index is 3140. The first kappa shape index (κ1) is 76.4. The van der Waals surface area contributed by atoms with Crippen LogP contribution in [-0.2, 0) is 65.3 Å². The zero-order valence-electron chi connectivity index (χ0n) is 57.4. The lowest BCUT2D eigenvalue weighted by Crippen LogP contribution is -2.65. The van der Waals surface area contributed by atoms with Gasteiger partial charge >= 0.3 is 6.18 Å². The van der Waals surface area contributed by atoms with Crippen LogP contribution in [0.25, 0.3) is 6.08 Å². The third-order valence-electron chi connectivity index (χ3n) is 19.6. The second kappa shape index (κ2) is 33.9.